The Hall–Kier alpha value is -1.73. The minimum atomic E-state index is -3.71. The predicted molar refractivity (Wildman–Crippen MR) is 84.1 cm³/mol. The molecule has 0 amide bonds. The third-order valence-electron chi connectivity index (χ3n) is 3.94. The molecule has 0 saturated heterocycles. The number of halogens is 1. The topological polar surface area (TPSA) is 68.3 Å². The number of rotatable bonds is 5. The van der Waals surface area contributed by atoms with Gasteiger partial charge in [-0.25, -0.2) is 21.2 Å². The van der Waals surface area contributed by atoms with Crippen LogP contribution in [0.2, 0.25) is 0 Å². The summed E-state index contributed by atoms with van der Waals surface area (Å²) in [6, 6.07) is 10.8. The Morgan fingerprint density at radius 2 is 1.70 bits per heavy atom. The molecule has 1 aliphatic rings. The van der Waals surface area contributed by atoms with Gasteiger partial charge in [0.05, 0.1) is 15.0 Å². The minimum absolute atomic E-state index is 0.0300. The van der Waals surface area contributed by atoms with Crippen molar-refractivity contribution in [3.63, 3.8) is 0 Å². The molecule has 0 aromatic heterocycles. The van der Waals surface area contributed by atoms with Crippen LogP contribution in [-0.4, -0.2) is 16.8 Å². The Kier molecular flexibility index (Phi) is 4.25. The molecule has 0 spiro atoms. The first-order valence-electron chi connectivity index (χ1n) is 7.13. The van der Waals surface area contributed by atoms with E-state index in [0.717, 1.165) is 12.8 Å². The number of hydrogen-bond donors (Lipinski definition) is 1. The summed E-state index contributed by atoms with van der Waals surface area (Å²) in [5.41, 5.74) is 0.437. The normalized spacial score (nSPS) is 16.4. The van der Waals surface area contributed by atoms with Crippen LogP contribution in [-0.2, 0) is 20.5 Å². The van der Waals surface area contributed by atoms with Gasteiger partial charge in [0.1, 0.15) is 5.82 Å². The van der Waals surface area contributed by atoms with E-state index >= 15 is 0 Å². The van der Waals surface area contributed by atoms with Crippen LogP contribution in [0.4, 0.5) is 4.39 Å². The molecule has 0 aliphatic heterocycles. The van der Waals surface area contributed by atoms with Crippen LogP contribution in [0.25, 0.3) is 0 Å². The summed E-state index contributed by atoms with van der Waals surface area (Å²) >= 11 is 0. The molecule has 122 valence electrons. The van der Waals surface area contributed by atoms with Gasteiger partial charge >= 0.3 is 0 Å². The first-order valence-corrected chi connectivity index (χ1v) is 9.86. The second kappa shape index (κ2) is 6.05. The van der Waals surface area contributed by atoms with Crippen molar-refractivity contribution >= 4 is 20.5 Å². The first-order chi connectivity index (χ1) is 10.9. The van der Waals surface area contributed by atoms with Crippen LogP contribution in [0.1, 0.15) is 23.7 Å². The molecule has 0 bridgehead atoms. The van der Waals surface area contributed by atoms with Crippen molar-refractivity contribution < 1.29 is 21.2 Å². The maximum atomic E-state index is 13.5. The van der Waals surface area contributed by atoms with Gasteiger partial charge in [-0.1, -0.05) is 12.1 Å². The summed E-state index contributed by atoms with van der Waals surface area (Å²) < 4.78 is 61.2. The van der Waals surface area contributed by atoms with Crippen LogP contribution in [0.15, 0.2) is 58.3 Å². The molecule has 1 fully saturated rings. The maximum Gasteiger partial charge on any atom is 0.185 e. The summed E-state index contributed by atoms with van der Waals surface area (Å²) in [6.07, 6.45) is 1.57. The summed E-state index contributed by atoms with van der Waals surface area (Å²) in [6.45, 7) is 0. The Morgan fingerprint density at radius 3 is 2.22 bits per heavy atom. The van der Waals surface area contributed by atoms with Gasteiger partial charge in [0.2, 0.25) is 0 Å². The second-order valence-electron chi connectivity index (χ2n) is 5.61. The zero-order valence-electron chi connectivity index (χ0n) is 12.1. The number of thiol groups is 1. The quantitative estimate of drug-likeness (QED) is 0.839. The molecule has 1 atom stereocenters. The van der Waals surface area contributed by atoms with Crippen molar-refractivity contribution in [2.45, 2.75) is 27.9 Å². The predicted octanol–water partition coefficient (Wildman–Crippen LogP) is 2.72. The Morgan fingerprint density at radius 1 is 1.04 bits per heavy atom. The fourth-order valence-electron chi connectivity index (χ4n) is 2.69. The minimum Gasteiger partial charge on any atom is -0.227 e. The highest BCUT2D eigenvalue weighted by atomic mass is 32.2. The lowest BCUT2D eigenvalue weighted by molar-refractivity contribution is 0.569. The average molecular weight is 354 g/mol. The molecule has 1 aliphatic carbocycles. The highest BCUT2D eigenvalue weighted by Crippen LogP contribution is 2.47. The Balaban J connectivity index is 2.04. The molecular weight excluding hydrogens is 339 g/mol. The van der Waals surface area contributed by atoms with Gasteiger partial charge in [-0.2, -0.15) is 0 Å². The van der Waals surface area contributed by atoms with Crippen molar-refractivity contribution in [2.75, 3.05) is 0 Å². The number of benzene rings is 2. The monoisotopic (exact) mass is 354 g/mol. The highest BCUT2D eigenvalue weighted by molar-refractivity contribution is 7.91. The van der Waals surface area contributed by atoms with Crippen molar-refractivity contribution in [1.82, 2.24) is 0 Å². The molecule has 1 saturated carbocycles. The Labute approximate surface area is 135 Å². The van der Waals surface area contributed by atoms with Crippen LogP contribution >= 0.6 is 0 Å². The Bertz CT molecular complexity index is 890. The van der Waals surface area contributed by atoms with E-state index in [4.69, 9.17) is 0 Å². The first kappa shape index (κ1) is 16.1. The van der Waals surface area contributed by atoms with Crippen LogP contribution in [0, 0.1) is 11.7 Å². The van der Waals surface area contributed by atoms with E-state index < -0.39 is 31.6 Å². The molecule has 2 aromatic carbocycles. The van der Waals surface area contributed by atoms with Crippen molar-refractivity contribution in [2.24, 2.45) is 5.92 Å². The zero-order valence-corrected chi connectivity index (χ0v) is 13.8. The van der Waals surface area contributed by atoms with Gasteiger partial charge in [-0.3, -0.25) is 0 Å². The van der Waals surface area contributed by atoms with Crippen LogP contribution in [0.5, 0.6) is 0 Å². The van der Waals surface area contributed by atoms with Crippen LogP contribution < -0.4 is 0 Å². The van der Waals surface area contributed by atoms with E-state index in [0.29, 0.717) is 5.56 Å². The lowest BCUT2D eigenvalue weighted by Gasteiger charge is -2.18. The van der Waals surface area contributed by atoms with Crippen molar-refractivity contribution in [3.05, 3.63) is 59.9 Å². The molecule has 3 rings (SSSR count). The van der Waals surface area contributed by atoms with E-state index in [1.165, 1.54) is 42.5 Å². The molecule has 1 unspecified atom stereocenters. The van der Waals surface area contributed by atoms with Crippen molar-refractivity contribution in [1.29, 1.82) is 0 Å². The average Bonchev–Trinajstić information content (AvgIpc) is 3.32. The molecule has 0 heterocycles. The summed E-state index contributed by atoms with van der Waals surface area (Å²) in [7, 11) is -6.47. The molecule has 23 heavy (non-hydrogen) atoms. The smallest absolute Gasteiger partial charge is 0.185 e. The fourth-order valence-corrected chi connectivity index (χ4v) is 5.18. The SMILES string of the molecule is O=[SH](=O)c1ccc(S(=O)(=O)C(c2cccc(F)c2)C2CC2)cc1. The number of hydrogen-bond acceptors (Lipinski definition) is 4. The van der Waals surface area contributed by atoms with Gasteiger partial charge in [0.25, 0.3) is 0 Å². The molecule has 7 heteroatoms. The van der Waals surface area contributed by atoms with Crippen LogP contribution in [0.3, 0.4) is 0 Å². The third-order valence-corrected chi connectivity index (χ3v) is 6.91. The standard InChI is InChI=1S/C16H15FO4S2/c17-13-3-1-2-12(10-13)16(11-4-5-11)23(20,21)15-8-6-14(7-9-15)22(18)19/h1-3,6-11,16,22H,4-5H2. The molecule has 4 nitrogen and oxygen atoms in total. The zero-order chi connectivity index (χ0) is 16.6. The lowest BCUT2D eigenvalue weighted by Crippen LogP contribution is -2.16. The van der Waals surface area contributed by atoms with E-state index in [9.17, 15) is 21.2 Å². The maximum absolute atomic E-state index is 13.5. The third kappa shape index (κ3) is 3.30. The lowest BCUT2D eigenvalue weighted by atomic mass is 10.1. The highest BCUT2D eigenvalue weighted by Gasteiger charge is 2.42. The molecule has 2 aromatic rings. The van der Waals surface area contributed by atoms with E-state index in [1.807, 2.05) is 0 Å². The van der Waals surface area contributed by atoms with Gasteiger partial charge in [-0.05, 0) is 60.7 Å². The van der Waals surface area contributed by atoms with Gasteiger partial charge in [-0.15, -0.1) is 0 Å². The van der Waals surface area contributed by atoms with Crippen molar-refractivity contribution in [3.8, 4) is 0 Å². The summed E-state index contributed by atoms with van der Waals surface area (Å²) in [5.74, 6) is -0.500. The summed E-state index contributed by atoms with van der Waals surface area (Å²) in [4.78, 5) is 0.118. The van der Waals surface area contributed by atoms with Gasteiger partial charge < -0.3 is 0 Å². The van der Waals surface area contributed by atoms with E-state index in [1.54, 1.807) is 6.07 Å². The van der Waals surface area contributed by atoms with E-state index in [2.05, 4.69) is 0 Å². The van der Waals surface area contributed by atoms with E-state index in [-0.39, 0.29) is 15.7 Å². The molecule has 0 N–H and O–H groups in total. The van der Waals surface area contributed by atoms with Gasteiger partial charge in [0, 0.05) is 0 Å². The fraction of sp³-hybridized carbons (Fsp3) is 0.250. The molecule has 0 radical (unpaired) electrons. The largest absolute Gasteiger partial charge is 0.227 e. The summed E-state index contributed by atoms with van der Waals surface area (Å²) in [5, 5.41) is -0.801. The number of sulfone groups is 1. The second-order valence-corrected chi connectivity index (χ2v) is 8.71. The molecular formula is C16H15FO4S2. The van der Waals surface area contributed by atoms with Gasteiger partial charge in [0.15, 0.2) is 20.5 Å².